The van der Waals surface area contributed by atoms with Crippen molar-refractivity contribution in [2.24, 2.45) is 7.05 Å². The highest BCUT2D eigenvalue weighted by molar-refractivity contribution is 6.12. The van der Waals surface area contributed by atoms with Gasteiger partial charge >= 0.3 is 5.97 Å². The number of hydrogen-bond acceptors (Lipinski definition) is 1. The predicted octanol–water partition coefficient (Wildman–Crippen LogP) is 4.02. The van der Waals surface area contributed by atoms with E-state index in [0.29, 0.717) is 5.69 Å². The summed E-state index contributed by atoms with van der Waals surface area (Å²) in [6.45, 7) is 0. The second-order valence-electron chi connectivity index (χ2n) is 5.35. The maximum absolute atomic E-state index is 11.8. The van der Waals surface area contributed by atoms with E-state index in [2.05, 4.69) is 4.98 Å². The van der Waals surface area contributed by atoms with Crippen LogP contribution in [0.3, 0.4) is 0 Å². The Morgan fingerprint density at radius 1 is 1.05 bits per heavy atom. The predicted molar refractivity (Wildman–Crippen MR) is 87.2 cm³/mol. The Balaban J connectivity index is 2.21. The number of rotatable bonds is 2. The number of aromatic carboxylic acids is 1. The molecule has 108 valence electrons. The second kappa shape index (κ2) is 4.49. The van der Waals surface area contributed by atoms with Crippen LogP contribution in [0.4, 0.5) is 0 Å². The molecule has 0 saturated carbocycles. The van der Waals surface area contributed by atoms with Crippen LogP contribution >= 0.6 is 0 Å². The molecule has 0 aliphatic heterocycles. The Morgan fingerprint density at radius 3 is 2.68 bits per heavy atom. The number of H-pyrrole nitrogens is 1. The van der Waals surface area contributed by atoms with E-state index < -0.39 is 5.97 Å². The Labute approximate surface area is 126 Å². The van der Waals surface area contributed by atoms with Crippen molar-refractivity contribution >= 4 is 27.8 Å². The van der Waals surface area contributed by atoms with Crippen LogP contribution in [0.1, 0.15) is 10.5 Å². The van der Waals surface area contributed by atoms with E-state index in [1.54, 1.807) is 11.6 Å². The second-order valence-corrected chi connectivity index (χ2v) is 5.35. The average molecular weight is 290 g/mol. The fraction of sp³-hybridized carbons (Fsp3) is 0.0556. The van der Waals surface area contributed by atoms with Crippen LogP contribution < -0.4 is 0 Å². The largest absolute Gasteiger partial charge is 0.477 e. The lowest BCUT2D eigenvalue weighted by Crippen LogP contribution is -2.05. The molecule has 0 atom stereocenters. The lowest BCUT2D eigenvalue weighted by atomic mass is 9.98. The topological polar surface area (TPSA) is 58.0 Å². The number of carboxylic acid groups (broad SMARTS) is 1. The normalized spacial score (nSPS) is 11.3. The summed E-state index contributed by atoms with van der Waals surface area (Å²) in [6, 6.07) is 15.7. The minimum atomic E-state index is -0.916. The first-order valence-corrected chi connectivity index (χ1v) is 7.05. The Bertz CT molecular complexity index is 1020. The number of carbonyl (C=O) groups is 1. The van der Waals surface area contributed by atoms with Crippen LogP contribution in [-0.2, 0) is 7.05 Å². The van der Waals surface area contributed by atoms with Crippen molar-refractivity contribution in [3.05, 3.63) is 60.4 Å². The summed E-state index contributed by atoms with van der Waals surface area (Å²) in [5.74, 6) is -0.916. The lowest BCUT2D eigenvalue weighted by Gasteiger charge is -2.05. The van der Waals surface area contributed by atoms with E-state index in [-0.39, 0.29) is 0 Å². The van der Waals surface area contributed by atoms with Gasteiger partial charge in [-0.15, -0.1) is 0 Å². The Morgan fingerprint density at radius 2 is 1.86 bits per heavy atom. The minimum absolute atomic E-state index is 0.315. The summed E-state index contributed by atoms with van der Waals surface area (Å²) in [7, 11) is 1.80. The molecular weight excluding hydrogens is 276 g/mol. The van der Waals surface area contributed by atoms with E-state index in [1.165, 1.54) is 0 Å². The van der Waals surface area contributed by atoms with Crippen LogP contribution in [-0.4, -0.2) is 20.6 Å². The molecule has 0 unspecified atom stereocenters. The molecule has 4 rings (SSSR count). The first-order chi connectivity index (χ1) is 10.7. The molecule has 2 N–H and O–H groups in total. The Kier molecular flexibility index (Phi) is 2.60. The van der Waals surface area contributed by atoms with Crippen molar-refractivity contribution in [2.45, 2.75) is 0 Å². The van der Waals surface area contributed by atoms with Gasteiger partial charge < -0.3 is 14.7 Å². The van der Waals surface area contributed by atoms with E-state index >= 15 is 0 Å². The third kappa shape index (κ3) is 1.61. The van der Waals surface area contributed by atoms with Gasteiger partial charge in [0.15, 0.2) is 0 Å². The number of aryl methyl sites for hydroxylation is 1. The summed E-state index contributed by atoms with van der Waals surface area (Å²) < 4.78 is 1.75. The lowest BCUT2D eigenvalue weighted by molar-refractivity contribution is 0.0688. The monoisotopic (exact) mass is 290 g/mol. The highest BCUT2D eigenvalue weighted by Gasteiger charge is 2.22. The van der Waals surface area contributed by atoms with Gasteiger partial charge in [-0.25, -0.2) is 4.79 Å². The number of nitrogens with one attached hydrogen (secondary N) is 1. The van der Waals surface area contributed by atoms with E-state index in [1.807, 2.05) is 54.7 Å². The van der Waals surface area contributed by atoms with Crippen LogP contribution in [0.2, 0.25) is 0 Å². The first-order valence-electron chi connectivity index (χ1n) is 7.05. The summed E-state index contributed by atoms with van der Waals surface area (Å²) in [5, 5.41) is 11.7. The number of para-hydroxylation sites is 1. The molecule has 0 radical (unpaired) electrons. The van der Waals surface area contributed by atoms with Gasteiger partial charge in [0.25, 0.3) is 0 Å². The van der Waals surface area contributed by atoms with Gasteiger partial charge in [-0.1, -0.05) is 30.3 Å². The number of carboxylic acids is 1. The number of nitrogens with zero attached hydrogens (tertiary/aromatic N) is 1. The van der Waals surface area contributed by atoms with Crippen molar-refractivity contribution in [3.8, 4) is 11.1 Å². The van der Waals surface area contributed by atoms with Crippen molar-refractivity contribution < 1.29 is 9.90 Å². The average Bonchev–Trinajstić information content (AvgIpc) is 3.10. The molecule has 2 aromatic carbocycles. The van der Waals surface area contributed by atoms with Crippen LogP contribution in [0.15, 0.2) is 54.7 Å². The van der Waals surface area contributed by atoms with E-state index in [4.69, 9.17) is 0 Å². The van der Waals surface area contributed by atoms with Crippen LogP contribution in [0.25, 0.3) is 32.9 Å². The molecule has 22 heavy (non-hydrogen) atoms. The highest BCUT2D eigenvalue weighted by Crippen LogP contribution is 2.37. The molecule has 4 heteroatoms. The molecule has 0 bridgehead atoms. The van der Waals surface area contributed by atoms with Crippen molar-refractivity contribution in [1.82, 2.24) is 9.55 Å². The van der Waals surface area contributed by atoms with Crippen molar-refractivity contribution in [1.29, 1.82) is 0 Å². The maximum Gasteiger partial charge on any atom is 0.353 e. The summed E-state index contributed by atoms with van der Waals surface area (Å²) >= 11 is 0. The molecule has 0 fully saturated rings. The molecule has 0 amide bonds. The highest BCUT2D eigenvalue weighted by atomic mass is 16.4. The fourth-order valence-electron chi connectivity index (χ4n) is 3.22. The zero-order chi connectivity index (χ0) is 15.3. The molecule has 2 aromatic heterocycles. The fourth-order valence-corrected chi connectivity index (χ4v) is 3.22. The summed E-state index contributed by atoms with van der Waals surface area (Å²) in [4.78, 5) is 15.0. The van der Waals surface area contributed by atoms with Crippen molar-refractivity contribution in [3.63, 3.8) is 0 Å². The van der Waals surface area contributed by atoms with Gasteiger partial charge in [0.1, 0.15) is 5.69 Å². The molecule has 0 aliphatic carbocycles. The number of aromatic nitrogens is 2. The third-order valence-electron chi connectivity index (χ3n) is 4.17. The standard InChI is InChI=1S/C18H14N2O2/c1-20-15-8-3-2-5-13(15)16(17(20)18(21)22)12-6-4-7-14-11(12)9-10-19-14/h2-10,19H,1H3,(H,21,22). The van der Waals surface area contributed by atoms with Crippen LogP contribution in [0, 0.1) is 0 Å². The zero-order valence-corrected chi connectivity index (χ0v) is 12.0. The van der Waals surface area contributed by atoms with E-state index in [0.717, 1.165) is 32.9 Å². The number of benzene rings is 2. The van der Waals surface area contributed by atoms with Gasteiger partial charge in [0.05, 0.1) is 0 Å². The smallest absolute Gasteiger partial charge is 0.353 e. The maximum atomic E-state index is 11.8. The molecule has 0 saturated heterocycles. The molecule has 0 aliphatic rings. The van der Waals surface area contributed by atoms with Gasteiger partial charge in [-0.3, -0.25) is 0 Å². The summed E-state index contributed by atoms with van der Waals surface area (Å²) in [5.41, 5.74) is 3.95. The van der Waals surface area contributed by atoms with Crippen molar-refractivity contribution in [2.75, 3.05) is 0 Å². The SMILES string of the molecule is Cn1c(C(=O)O)c(-c2cccc3[nH]ccc23)c2ccccc21. The quantitative estimate of drug-likeness (QED) is 0.585. The molecule has 2 heterocycles. The summed E-state index contributed by atoms with van der Waals surface area (Å²) in [6.07, 6.45) is 1.87. The molecular formula is C18H14N2O2. The molecule has 4 aromatic rings. The van der Waals surface area contributed by atoms with Crippen LogP contribution in [0.5, 0.6) is 0 Å². The minimum Gasteiger partial charge on any atom is -0.477 e. The zero-order valence-electron chi connectivity index (χ0n) is 12.0. The van der Waals surface area contributed by atoms with Gasteiger partial charge in [0.2, 0.25) is 0 Å². The first kappa shape index (κ1) is 12.7. The number of fused-ring (bicyclic) bond motifs is 2. The van der Waals surface area contributed by atoms with Gasteiger partial charge in [-0.2, -0.15) is 0 Å². The Hall–Kier alpha value is -3.01. The number of aromatic amines is 1. The molecule has 4 nitrogen and oxygen atoms in total. The third-order valence-corrected chi connectivity index (χ3v) is 4.17. The molecule has 0 spiro atoms. The number of hydrogen-bond donors (Lipinski definition) is 2. The van der Waals surface area contributed by atoms with E-state index in [9.17, 15) is 9.90 Å². The van der Waals surface area contributed by atoms with Gasteiger partial charge in [-0.05, 0) is 23.8 Å². The van der Waals surface area contributed by atoms with Gasteiger partial charge in [0, 0.05) is 40.6 Å².